The van der Waals surface area contributed by atoms with Gasteiger partial charge in [-0.2, -0.15) is 10.2 Å². The summed E-state index contributed by atoms with van der Waals surface area (Å²) in [6.45, 7) is 2.36. The Kier molecular flexibility index (Phi) is 3.12. The van der Waals surface area contributed by atoms with Gasteiger partial charge in [-0.25, -0.2) is 0 Å². The largest absolute Gasteiger partial charge is 0.396 e. The predicted molar refractivity (Wildman–Crippen MR) is 69.9 cm³/mol. The van der Waals surface area contributed by atoms with Gasteiger partial charge in [-0.15, -0.1) is 0 Å². The first-order valence-electron chi connectivity index (χ1n) is 5.21. The van der Waals surface area contributed by atoms with Gasteiger partial charge >= 0.3 is 0 Å². The standard InChI is InChI=1S/C10H13BrN6O/c1-5-8(11)7(16(2)14-5)4-17-3-6(12)9(15-17)10(13)18/h3H,4,12H2,1-2H3,(H2,13,18). The van der Waals surface area contributed by atoms with Crippen LogP contribution in [0.5, 0.6) is 0 Å². The van der Waals surface area contributed by atoms with Crippen LogP contribution >= 0.6 is 15.9 Å². The molecule has 0 saturated heterocycles. The van der Waals surface area contributed by atoms with Crippen molar-refractivity contribution in [1.82, 2.24) is 19.6 Å². The van der Waals surface area contributed by atoms with E-state index < -0.39 is 5.91 Å². The molecule has 0 aliphatic heterocycles. The Balaban J connectivity index is 2.34. The van der Waals surface area contributed by atoms with Gasteiger partial charge in [0.15, 0.2) is 5.69 Å². The van der Waals surface area contributed by atoms with Crippen LogP contribution in [0.1, 0.15) is 21.9 Å². The van der Waals surface area contributed by atoms with Gasteiger partial charge in [0.1, 0.15) is 0 Å². The van der Waals surface area contributed by atoms with Crippen molar-refractivity contribution in [2.45, 2.75) is 13.5 Å². The highest BCUT2D eigenvalue weighted by Gasteiger charge is 2.15. The van der Waals surface area contributed by atoms with Crippen LogP contribution in [0.25, 0.3) is 0 Å². The Morgan fingerprint density at radius 2 is 2.17 bits per heavy atom. The summed E-state index contributed by atoms with van der Waals surface area (Å²) < 4.78 is 4.23. The molecule has 0 atom stereocenters. The summed E-state index contributed by atoms with van der Waals surface area (Å²) >= 11 is 3.47. The van der Waals surface area contributed by atoms with Crippen LogP contribution < -0.4 is 11.5 Å². The van der Waals surface area contributed by atoms with Crippen molar-refractivity contribution in [1.29, 1.82) is 0 Å². The second-order valence-corrected chi connectivity index (χ2v) is 4.76. The van der Waals surface area contributed by atoms with E-state index in [1.165, 1.54) is 0 Å². The van der Waals surface area contributed by atoms with E-state index in [4.69, 9.17) is 11.5 Å². The van der Waals surface area contributed by atoms with E-state index >= 15 is 0 Å². The number of hydrogen-bond acceptors (Lipinski definition) is 4. The lowest BCUT2D eigenvalue weighted by molar-refractivity contribution is 0.0995. The fourth-order valence-corrected chi connectivity index (χ4v) is 2.18. The number of nitrogens with zero attached hydrogens (tertiary/aromatic N) is 4. The summed E-state index contributed by atoms with van der Waals surface area (Å²) in [5.41, 5.74) is 13.0. The van der Waals surface area contributed by atoms with E-state index in [0.717, 1.165) is 15.9 Å². The van der Waals surface area contributed by atoms with E-state index in [2.05, 4.69) is 26.1 Å². The third kappa shape index (κ3) is 2.10. The number of nitrogens with two attached hydrogens (primary N) is 2. The van der Waals surface area contributed by atoms with E-state index in [9.17, 15) is 4.79 Å². The molecule has 2 heterocycles. The number of aromatic nitrogens is 4. The summed E-state index contributed by atoms with van der Waals surface area (Å²) in [4.78, 5) is 11.1. The number of amides is 1. The average Bonchev–Trinajstić information content (AvgIpc) is 2.75. The average molecular weight is 313 g/mol. The molecule has 0 aliphatic rings. The monoisotopic (exact) mass is 312 g/mol. The Hall–Kier alpha value is -1.83. The lowest BCUT2D eigenvalue weighted by Crippen LogP contribution is -2.14. The van der Waals surface area contributed by atoms with Crippen LogP contribution in [0.15, 0.2) is 10.7 Å². The van der Waals surface area contributed by atoms with Crippen molar-refractivity contribution in [3.8, 4) is 0 Å². The van der Waals surface area contributed by atoms with E-state index in [-0.39, 0.29) is 11.4 Å². The smallest absolute Gasteiger partial charge is 0.271 e. The number of rotatable bonds is 3. The second kappa shape index (κ2) is 4.45. The molecule has 7 nitrogen and oxygen atoms in total. The number of nitrogen functional groups attached to an aromatic ring is 1. The number of aryl methyl sites for hydroxylation is 2. The van der Waals surface area contributed by atoms with Crippen molar-refractivity contribution in [2.24, 2.45) is 12.8 Å². The highest BCUT2D eigenvalue weighted by molar-refractivity contribution is 9.10. The molecule has 0 aromatic carbocycles. The van der Waals surface area contributed by atoms with Crippen LogP contribution in [-0.4, -0.2) is 25.5 Å². The molecule has 2 aromatic rings. The molecule has 0 radical (unpaired) electrons. The number of carbonyl (C=O) groups excluding carboxylic acids is 1. The Labute approximate surface area is 112 Å². The molecule has 1 amide bonds. The van der Waals surface area contributed by atoms with Crippen molar-refractivity contribution < 1.29 is 4.79 Å². The fraction of sp³-hybridized carbons (Fsp3) is 0.300. The molecule has 0 fully saturated rings. The zero-order valence-electron chi connectivity index (χ0n) is 10.0. The minimum Gasteiger partial charge on any atom is -0.396 e. The van der Waals surface area contributed by atoms with Crippen molar-refractivity contribution >= 4 is 27.5 Å². The Morgan fingerprint density at radius 3 is 2.61 bits per heavy atom. The lowest BCUT2D eigenvalue weighted by Gasteiger charge is -2.03. The first kappa shape index (κ1) is 12.6. The first-order chi connectivity index (χ1) is 8.40. The number of halogens is 1. The molecule has 8 heteroatoms. The topological polar surface area (TPSA) is 105 Å². The molecule has 2 rings (SSSR count). The maximum atomic E-state index is 11.1. The van der Waals surface area contributed by atoms with Crippen molar-refractivity contribution in [2.75, 3.05) is 5.73 Å². The summed E-state index contributed by atoms with van der Waals surface area (Å²) in [5, 5.41) is 8.33. The first-order valence-corrected chi connectivity index (χ1v) is 6.00. The van der Waals surface area contributed by atoms with Gasteiger partial charge < -0.3 is 11.5 Å². The third-order valence-corrected chi connectivity index (χ3v) is 3.63. The van der Waals surface area contributed by atoms with E-state index in [0.29, 0.717) is 6.54 Å². The summed E-state index contributed by atoms with van der Waals surface area (Å²) in [7, 11) is 1.84. The summed E-state index contributed by atoms with van der Waals surface area (Å²) in [6, 6.07) is 0. The van der Waals surface area contributed by atoms with Gasteiger partial charge in [-0.1, -0.05) is 0 Å². The van der Waals surface area contributed by atoms with E-state index in [1.54, 1.807) is 15.6 Å². The van der Waals surface area contributed by atoms with Gasteiger partial charge in [-0.3, -0.25) is 14.2 Å². The molecule has 96 valence electrons. The SMILES string of the molecule is Cc1nn(C)c(Cn2cc(N)c(C(N)=O)n2)c1Br. The Morgan fingerprint density at radius 1 is 1.50 bits per heavy atom. The van der Waals surface area contributed by atoms with Crippen LogP contribution in [0.4, 0.5) is 5.69 Å². The maximum Gasteiger partial charge on any atom is 0.271 e. The zero-order chi connectivity index (χ0) is 13.4. The summed E-state index contributed by atoms with van der Waals surface area (Å²) in [6.07, 6.45) is 1.58. The number of anilines is 1. The van der Waals surface area contributed by atoms with Gasteiger partial charge in [-0.05, 0) is 22.9 Å². The van der Waals surface area contributed by atoms with Crippen LogP contribution in [0.2, 0.25) is 0 Å². The molecular weight excluding hydrogens is 300 g/mol. The predicted octanol–water partition coefficient (Wildman–Crippen LogP) is 0.417. The lowest BCUT2D eigenvalue weighted by atomic mass is 10.3. The summed E-state index contributed by atoms with van der Waals surface area (Å²) in [5.74, 6) is -0.633. The molecule has 0 aliphatic carbocycles. The highest BCUT2D eigenvalue weighted by Crippen LogP contribution is 2.21. The highest BCUT2D eigenvalue weighted by atomic mass is 79.9. The minimum atomic E-state index is -0.633. The molecule has 18 heavy (non-hydrogen) atoms. The van der Waals surface area contributed by atoms with E-state index in [1.807, 2.05) is 14.0 Å². The minimum absolute atomic E-state index is 0.0880. The fourth-order valence-electron chi connectivity index (χ4n) is 1.71. The number of primary amides is 1. The van der Waals surface area contributed by atoms with Gasteiger partial charge in [0.25, 0.3) is 5.91 Å². The van der Waals surface area contributed by atoms with Crippen molar-refractivity contribution in [3.63, 3.8) is 0 Å². The molecule has 0 bridgehead atoms. The normalized spacial score (nSPS) is 10.8. The zero-order valence-corrected chi connectivity index (χ0v) is 11.6. The molecule has 4 N–H and O–H groups in total. The van der Waals surface area contributed by atoms with Crippen LogP contribution in [0.3, 0.4) is 0 Å². The van der Waals surface area contributed by atoms with Gasteiger partial charge in [0.2, 0.25) is 0 Å². The molecule has 0 spiro atoms. The molecule has 0 unspecified atom stereocenters. The quantitative estimate of drug-likeness (QED) is 0.856. The number of hydrogen-bond donors (Lipinski definition) is 2. The van der Waals surface area contributed by atoms with Gasteiger partial charge in [0.05, 0.1) is 28.1 Å². The maximum absolute atomic E-state index is 11.1. The van der Waals surface area contributed by atoms with Crippen LogP contribution in [0, 0.1) is 6.92 Å². The molecular formula is C10H13BrN6O. The number of carbonyl (C=O) groups is 1. The second-order valence-electron chi connectivity index (χ2n) is 3.96. The van der Waals surface area contributed by atoms with Gasteiger partial charge in [0, 0.05) is 13.2 Å². The third-order valence-electron chi connectivity index (χ3n) is 2.60. The molecule has 2 aromatic heterocycles. The van der Waals surface area contributed by atoms with Crippen molar-refractivity contribution in [3.05, 3.63) is 27.8 Å². The Bertz CT molecular complexity index is 614. The van der Waals surface area contributed by atoms with Crippen LogP contribution in [-0.2, 0) is 13.6 Å². The molecule has 0 saturated carbocycles.